The molecule has 1 atom stereocenters. The van der Waals surface area contributed by atoms with Gasteiger partial charge >= 0.3 is 0 Å². The number of fused-ring (bicyclic) bond motifs is 1. The number of nitrogens with zero attached hydrogens (tertiary/aromatic N) is 2. The number of aromatic nitrogens is 2. The van der Waals surface area contributed by atoms with Gasteiger partial charge in [-0.25, -0.2) is 9.97 Å². The van der Waals surface area contributed by atoms with Crippen LogP contribution in [0.5, 0.6) is 0 Å². The van der Waals surface area contributed by atoms with E-state index in [2.05, 4.69) is 25.9 Å². The summed E-state index contributed by atoms with van der Waals surface area (Å²) < 4.78 is 14.4. The molecule has 0 spiro atoms. The molecular formula is C10H11BrN2OS2. The Kier molecular flexibility index (Phi) is 3.42. The molecule has 2 aromatic heterocycles. The lowest BCUT2D eigenvalue weighted by Gasteiger charge is -2.01. The van der Waals surface area contributed by atoms with E-state index >= 15 is 0 Å². The second-order valence-electron chi connectivity index (χ2n) is 3.40. The Morgan fingerprint density at radius 1 is 1.38 bits per heavy atom. The summed E-state index contributed by atoms with van der Waals surface area (Å²) in [4.78, 5) is 8.72. The predicted octanol–water partition coefficient (Wildman–Crippen LogP) is 3.20. The molecule has 0 aromatic carbocycles. The molecule has 0 saturated carbocycles. The average Bonchev–Trinajstić information content (AvgIpc) is 2.69. The van der Waals surface area contributed by atoms with Gasteiger partial charge in [0.2, 0.25) is 0 Å². The van der Waals surface area contributed by atoms with E-state index in [1.54, 1.807) is 0 Å². The summed E-state index contributed by atoms with van der Waals surface area (Å²) in [5.74, 6) is 0.596. The first-order chi connectivity index (χ1) is 7.54. The minimum Gasteiger partial charge on any atom is -0.252 e. The van der Waals surface area contributed by atoms with E-state index in [1.165, 1.54) is 11.3 Å². The SMILES string of the molecule is CC[S@](=O)c1nc2nc(C)c(Br)c(C)c2s1. The largest absolute Gasteiger partial charge is 0.252 e. The van der Waals surface area contributed by atoms with Crippen LogP contribution in [0, 0.1) is 13.8 Å². The molecule has 6 heteroatoms. The van der Waals surface area contributed by atoms with Crippen LogP contribution in [0.15, 0.2) is 8.81 Å². The highest BCUT2D eigenvalue weighted by Gasteiger charge is 2.14. The standard InChI is InChI=1S/C10H11BrN2OS2/c1-4-16(14)10-13-9-8(15-10)5(2)7(11)6(3)12-9/h4H2,1-3H3/t16-/m0/s1. The van der Waals surface area contributed by atoms with Crippen LogP contribution in [0.25, 0.3) is 10.3 Å². The Balaban J connectivity index is 2.71. The van der Waals surface area contributed by atoms with Crippen LogP contribution >= 0.6 is 27.3 Å². The number of halogens is 1. The summed E-state index contributed by atoms with van der Waals surface area (Å²) in [6.45, 7) is 5.86. The molecular weight excluding hydrogens is 308 g/mol. The second kappa shape index (κ2) is 4.50. The van der Waals surface area contributed by atoms with Crippen LogP contribution in [0.4, 0.5) is 0 Å². The van der Waals surface area contributed by atoms with E-state index in [4.69, 9.17) is 0 Å². The molecule has 0 unspecified atom stereocenters. The molecule has 0 radical (unpaired) electrons. The van der Waals surface area contributed by atoms with Crippen LogP contribution in [0.2, 0.25) is 0 Å². The van der Waals surface area contributed by atoms with Gasteiger partial charge in [-0.15, -0.1) is 11.3 Å². The van der Waals surface area contributed by atoms with Crippen molar-refractivity contribution in [3.8, 4) is 0 Å². The molecule has 0 fully saturated rings. The van der Waals surface area contributed by atoms with Gasteiger partial charge in [0.15, 0.2) is 9.99 Å². The number of hydrogen-bond donors (Lipinski definition) is 0. The summed E-state index contributed by atoms with van der Waals surface area (Å²) in [6, 6.07) is 0. The lowest BCUT2D eigenvalue weighted by atomic mass is 10.2. The van der Waals surface area contributed by atoms with Crippen molar-refractivity contribution in [1.29, 1.82) is 0 Å². The van der Waals surface area contributed by atoms with Gasteiger partial charge in [0.1, 0.15) is 0 Å². The fraction of sp³-hybridized carbons (Fsp3) is 0.400. The third-order valence-electron chi connectivity index (χ3n) is 2.31. The monoisotopic (exact) mass is 318 g/mol. The van der Waals surface area contributed by atoms with E-state index in [0.29, 0.717) is 15.7 Å². The maximum Gasteiger partial charge on any atom is 0.183 e. The number of rotatable bonds is 2. The maximum absolute atomic E-state index is 11.7. The molecule has 86 valence electrons. The van der Waals surface area contributed by atoms with Crippen LogP contribution in [0.3, 0.4) is 0 Å². The molecule has 3 nitrogen and oxygen atoms in total. The number of aryl methyl sites for hydroxylation is 2. The van der Waals surface area contributed by atoms with E-state index in [1.807, 2.05) is 20.8 Å². The lowest BCUT2D eigenvalue weighted by molar-refractivity contribution is 0.683. The Labute approximate surface area is 109 Å². The Bertz CT molecular complexity index is 580. The second-order valence-corrected chi connectivity index (χ2v) is 7.11. The van der Waals surface area contributed by atoms with Gasteiger partial charge < -0.3 is 0 Å². The molecule has 2 heterocycles. The summed E-state index contributed by atoms with van der Waals surface area (Å²) in [5, 5.41) is 0. The third-order valence-corrected chi connectivity index (χ3v) is 6.25. The van der Waals surface area contributed by atoms with Crippen molar-refractivity contribution >= 4 is 48.4 Å². The van der Waals surface area contributed by atoms with Gasteiger partial charge in [0.25, 0.3) is 0 Å². The highest BCUT2D eigenvalue weighted by Crippen LogP contribution is 2.32. The minimum absolute atomic E-state index is 0.596. The first kappa shape index (κ1) is 12.1. The summed E-state index contributed by atoms with van der Waals surface area (Å²) in [5.41, 5.74) is 2.75. The summed E-state index contributed by atoms with van der Waals surface area (Å²) in [6.07, 6.45) is 0. The van der Waals surface area contributed by atoms with Crippen LogP contribution in [-0.4, -0.2) is 19.9 Å². The molecule has 0 aliphatic rings. The highest BCUT2D eigenvalue weighted by atomic mass is 79.9. The van der Waals surface area contributed by atoms with Crippen molar-refractivity contribution in [2.75, 3.05) is 5.75 Å². The molecule has 16 heavy (non-hydrogen) atoms. The van der Waals surface area contributed by atoms with Crippen molar-refractivity contribution in [1.82, 2.24) is 9.97 Å². The molecule has 0 amide bonds. The predicted molar refractivity (Wildman–Crippen MR) is 71.5 cm³/mol. The zero-order chi connectivity index (χ0) is 11.9. The normalized spacial score (nSPS) is 13.2. The third kappa shape index (κ3) is 1.94. The van der Waals surface area contributed by atoms with Crippen molar-refractivity contribution < 1.29 is 4.21 Å². The fourth-order valence-corrected chi connectivity index (χ4v) is 3.99. The van der Waals surface area contributed by atoms with Crippen molar-refractivity contribution in [2.45, 2.75) is 25.1 Å². The van der Waals surface area contributed by atoms with E-state index in [0.717, 1.165) is 20.4 Å². The topological polar surface area (TPSA) is 42.9 Å². The molecule has 0 N–H and O–H groups in total. The molecule has 2 rings (SSSR count). The van der Waals surface area contributed by atoms with Gasteiger partial charge in [-0.05, 0) is 35.3 Å². The first-order valence-electron chi connectivity index (χ1n) is 4.86. The number of hydrogen-bond acceptors (Lipinski definition) is 4. The van der Waals surface area contributed by atoms with Gasteiger partial charge in [0, 0.05) is 10.2 Å². The highest BCUT2D eigenvalue weighted by molar-refractivity contribution is 9.10. The fourth-order valence-electron chi connectivity index (χ4n) is 1.41. The van der Waals surface area contributed by atoms with Crippen molar-refractivity contribution in [2.24, 2.45) is 0 Å². The average molecular weight is 319 g/mol. The van der Waals surface area contributed by atoms with Gasteiger partial charge in [-0.1, -0.05) is 6.92 Å². The van der Waals surface area contributed by atoms with E-state index < -0.39 is 10.8 Å². The van der Waals surface area contributed by atoms with Crippen LogP contribution in [-0.2, 0) is 10.8 Å². The van der Waals surface area contributed by atoms with Gasteiger partial charge in [0.05, 0.1) is 21.2 Å². The van der Waals surface area contributed by atoms with Crippen molar-refractivity contribution in [3.63, 3.8) is 0 Å². The Morgan fingerprint density at radius 3 is 2.69 bits per heavy atom. The number of thiazole rings is 1. The Hall–Kier alpha value is -0.330. The summed E-state index contributed by atoms with van der Waals surface area (Å²) >= 11 is 4.98. The number of pyridine rings is 1. The van der Waals surface area contributed by atoms with Gasteiger partial charge in [-0.2, -0.15) is 0 Å². The molecule has 2 aromatic rings. The zero-order valence-corrected chi connectivity index (χ0v) is 12.4. The van der Waals surface area contributed by atoms with E-state index in [9.17, 15) is 4.21 Å². The molecule has 0 saturated heterocycles. The molecule has 0 aliphatic carbocycles. The van der Waals surface area contributed by atoms with Crippen LogP contribution < -0.4 is 0 Å². The van der Waals surface area contributed by atoms with Gasteiger partial charge in [-0.3, -0.25) is 4.21 Å². The summed E-state index contributed by atoms with van der Waals surface area (Å²) in [7, 11) is -0.992. The van der Waals surface area contributed by atoms with Crippen molar-refractivity contribution in [3.05, 3.63) is 15.7 Å². The van der Waals surface area contributed by atoms with E-state index in [-0.39, 0.29) is 0 Å². The van der Waals surface area contributed by atoms with Crippen LogP contribution in [0.1, 0.15) is 18.2 Å². The molecule has 0 aliphatic heterocycles. The lowest BCUT2D eigenvalue weighted by Crippen LogP contribution is -1.92. The first-order valence-corrected chi connectivity index (χ1v) is 7.79. The Morgan fingerprint density at radius 2 is 2.06 bits per heavy atom. The minimum atomic E-state index is -0.992. The quantitative estimate of drug-likeness (QED) is 0.854. The zero-order valence-electron chi connectivity index (χ0n) is 9.20. The maximum atomic E-state index is 11.7. The smallest absolute Gasteiger partial charge is 0.183 e. The molecule has 0 bridgehead atoms.